The van der Waals surface area contributed by atoms with Gasteiger partial charge in [0.1, 0.15) is 5.75 Å². The van der Waals surface area contributed by atoms with Gasteiger partial charge in [0, 0.05) is 0 Å². The minimum atomic E-state index is 0.0795. The second-order valence-corrected chi connectivity index (χ2v) is 3.85. The topological polar surface area (TPSA) is 73.6 Å². The lowest BCUT2D eigenvalue weighted by Crippen LogP contribution is -2.25. The number of rotatable bonds is 4. The minimum Gasteiger partial charge on any atom is -0.496 e. The van der Waals surface area contributed by atoms with Gasteiger partial charge in [-0.05, 0) is 37.5 Å². The molecule has 0 saturated heterocycles. The van der Waals surface area contributed by atoms with Gasteiger partial charge in [0.2, 0.25) is 0 Å². The molecule has 0 saturated carbocycles. The molecule has 0 heterocycles. The van der Waals surface area contributed by atoms with Crippen LogP contribution in [0.5, 0.6) is 5.75 Å². The van der Waals surface area contributed by atoms with Gasteiger partial charge >= 0.3 is 0 Å². The largest absolute Gasteiger partial charge is 0.496 e. The summed E-state index contributed by atoms with van der Waals surface area (Å²) in [6, 6.07) is 6.07. The highest BCUT2D eigenvalue weighted by Crippen LogP contribution is 2.22. The molecule has 0 aromatic heterocycles. The summed E-state index contributed by atoms with van der Waals surface area (Å²) in [4.78, 5) is 4.10. The molecule has 4 heteroatoms. The molecular weight excluding hydrogens is 202 g/mol. The second kappa shape index (κ2) is 5.39. The molecule has 0 fully saturated rings. The van der Waals surface area contributed by atoms with Gasteiger partial charge in [-0.25, -0.2) is 0 Å². The van der Waals surface area contributed by atoms with Crippen molar-refractivity contribution in [3.8, 4) is 5.75 Å². The summed E-state index contributed by atoms with van der Waals surface area (Å²) < 4.78 is 5.26. The van der Waals surface area contributed by atoms with Crippen molar-refractivity contribution in [1.29, 1.82) is 0 Å². The molecule has 0 bridgehead atoms. The Morgan fingerprint density at radius 1 is 1.44 bits per heavy atom. The lowest BCUT2D eigenvalue weighted by atomic mass is 10.0. The monoisotopic (exact) mass is 221 g/mol. The molecule has 0 amide bonds. The van der Waals surface area contributed by atoms with Gasteiger partial charge in [-0.2, -0.15) is 0 Å². The number of hydrogen-bond donors (Lipinski definition) is 2. The lowest BCUT2D eigenvalue weighted by molar-refractivity contribution is 0.411. The molecule has 4 N–H and O–H groups in total. The van der Waals surface area contributed by atoms with Crippen LogP contribution in [0.15, 0.2) is 23.2 Å². The summed E-state index contributed by atoms with van der Waals surface area (Å²) in [5.74, 6) is 1.03. The van der Waals surface area contributed by atoms with Gasteiger partial charge in [0.05, 0.1) is 13.2 Å². The first kappa shape index (κ1) is 12.4. The Hall–Kier alpha value is -1.71. The summed E-state index contributed by atoms with van der Waals surface area (Å²) in [7, 11) is 1.67. The smallest absolute Gasteiger partial charge is 0.186 e. The zero-order valence-corrected chi connectivity index (χ0v) is 10.0. The highest BCUT2D eigenvalue weighted by molar-refractivity contribution is 5.75. The Kier molecular flexibility index (Phi) is 4.17. The Labute approximate surface area is 96.3 Å². The van der Waals surface area contributed by atoms with Crippen molar-refractivity contribution in [3.05, 3.63) is 29.3 Å². The number of ether oxygens (including phenoxy) is 1. The Morgan fingerprint density at radius 2 is 2.12 bits per heavy atom. The molecule has 0 radical (unpaired) electrons. The van der Waals surface area contributed by atoms with Crippen LogP contribution in [-0.2, 0) is 6.42 Å². The zero-order chi connectivity index (χ0) is 12.1. The first-order valence-electron chi connectivity index (χ1n) is 5.25. The molecule has 1 aromatic rings. The molecule has 1 aromatic carbocycles. The molecule has 16 heavy (non-hydrogen) atoms. The van der Waals surface area contributed by atoms with E-state index in [2.05, 4.69) is 11.1 Å². The van der Waals surface area contributed by atoms with Crippen LogP contribution in [0.25, 0.3) is 0 Å². The number of methoxy groups -OCH3 is 1. The third-order valence-corrected chi connectivity index (χ3v) is 2.50. The van der Waals surface area contributed by atoms with Crippen molar-refractivity contribution in [2.24, 2.45) is 16.5 Å². The number of nitrogens with two attached hydrogens (primary N) is 2. The fourth-order valence-corrected chi connectivity index (χ4v) is 1.72. The van der Waals surface area contributed by atoms with Gasteiger partial charge in [0.25, 0.3) is 0 Å². The molecule has 0 aliphatic rings. The van der Waals surface area contributed by atoms with Crippen LogP contribution in [0, 0.1) is 6.92 Å². The molecule has 0 aliphatic carbocycles. The van der Waals surface area contributed by atoms with E-state index >= 15 is 0 Å². The highest BCUT2D eigenvalue weighted by atomic mass is 16.5. The fourth-order valence-electron chi connectivity index (χ4n) is 1.72. The second-order valence-electron chi connectivity index (χ2n) is 3.85. The fraction of sp³-hybridized carbons (Fsp3) is 0.417. The van der Waals surface area contributed by atoms with E-state index in [0.717, 1.165) is 17.7 Å². The Morgan fingerprint density at radius 3 is 2.69 bits per heavy atom. The van der Waals surface area contributed by atoms with Crippen molar-refractivity contribution in [2.75, 3.05) is 7.11 Å². The quantitative estimate of drug-likeness (QED) is 0.593. The first-order chi connectivity index (χ1) is 7.54. The SMILES string of the molecule is COc1cccc(CC(C)N=C(N)N)c1C. The van der Waals surface area contributed by atoms with Crippen molar-refractivity contribution in [3.63, 3.8) is 0 Å². The number of benzene rings is 1. The molecule has 88 valence electrons. The van der Waals surface area contributed by atoms with Crippen molar-refractivity contribution in [1.82, 2.24) is 0 Å². The average Bonchev–Trinajstić information content (AvgIpc) is 2.20. The standard InChI is InChI=1S/C12H19N3O/c1-8(15-12(13)14)7-10-5-4-6-11(16-3)9(10)2/h4-6,8H,7H2,1-3H3,(H4,13,14,15). The van der Waals surface area contributed by atoms with Crippen molar-refractivity contribution >= 4 is 5.96 Å². The summed E-state index contributed by atoms with van der Waals surface area (Å²) in [5.41, 5.74) is 13.0. The van der Waals surface area contributed by atoms with E-state index in [1.807, 2.05) is 26.0 Å². The van der Waals surface area contributed by atoms with Crippen LogP contribution in [0.1, 0.15) is 18.1 Å². The summed E-state index contributed by atoms with van der Waals surface area (Å²) >= 11 is 0. The molecule has 1 atom stereocenters. The summed E-state index contributed by atoms with van der Waals surface area (Å²) in [6.07, 6.45) is 0.806. The van der Waals surface area contributed by atoms with E-state index in [9.17, 15) is 0 Å². The van der Waals surface area contributed by atoms with E-state index in [1.54, 1.807) is 7.11 Å². The van der Waals surface area contributed by atoms with Gasteiger partial charge in [-0.3, -0.25) is 4.99 Å². The van der Waals surface area contributed by atoms with Gasteiger partial charge in [-0.1, -0.05) is 12.1 Å². The zero-order valence-electron chi connectivity index (χ0n) is 10.0. The van der Waals surface area contributed by atoms with Crippen LogP contribution in [-0.4, -0.2) is 19.1 Å². The normalized spacial score (nSPS) is 11.9. The molecule has 0 spiro atoms. The van der Waals surface area contributed by atoms with Crippen LogP contribution in [0.4, 0.5) is 0 Å². The van der Waals surface area contributed by atoms with Crippen LogP contribution in [0.2, 0.25) is 0 Å². The first-order valence-corrected chi connectivity index (χ1v) is 5.25. The van der Waals surface area contributed by atoms with Crippen molar-refractivity contribution < 1.29 is 4.74 Å². The Bertz CT molecular complexity index is 384. The molecule has 1 unspecified atom stereocenters. The summed E-state index contributed by atoms with van der Waals surface area (Å²) in [6.45, 7) is 4.02. The lowest BCUT2D eigenvalue weighted by Gasteiger charge is -2.12. The molecule has 1 rings (SSSR count). The average molecular weight is 221 g/mol. The van der Waals surface area contributed by atoms with Crippen LogP contribution in [0.3, 0.4) is 0 Å². The molecular formula is C12H19N3O. The molecule has 0 aliphatic heterocycles. The summed E-state index contributed by atoms with van der Waals surface area (Å²) in [5, 5.41) is 0. The third-order valence-electron chi connectivity index (χ3n) is 2.50. The van der Waals surface area contributed by atoms with E-state index < -0.39 is 0 Å². The van der Waals surface area contributed by atoms with E-state index in [1.165, 1.54) is 5.56 Å². The van der Waals surface area contributed by atoms with Crippen LogP contribution >= 0.6 is 0 Å². The maximum Gasteiger partial charge on any atom is 0.186 e. The van der Waals surface area contributed by atoms with E-state index in [0.29, 0.717) is 0 Å². The predicted molar refractivity (Wildman–Crippen MR) is 66.7 cm³/mol. The number of aliphatic imine (C=N–C) groups is 1. The number of hydrogen-bond acceptors (Lipinski definition) is 2. The van der Waals surface area contributed by atoms with Gasteiger partial charge in [0.15, 0.2) is 5.96 Å². The molecule has 4 nitrogen and oxygen atoms in total. The van der Waals surface area contributed by atoms with E-state index in [4.69, 9.17) is 16.2 Å². The maximum absolute atomic E-state index is 5.34. The Balaban J connectivity index is 2.85. The maximum atomic E-state index is 5.34. The van der Waals surface area contributed by atoms with Crippen molar-refractivity contribution in [2.45, 2.75) is 26.3 Å². The van der Waals surface area contributed by atoms with Crippen LogP contribution < -0.4 is 16.2 Å². The predicted octanol–water partition coefficient (Wildman–Crippen LogP) is 1.21. The highest BCUT2D eigenvalue weighted by Gasteiger charge is 2.07. The number of guanidine groups is 1. The van der Waals surface area contributed by atoms with Gasteiger partial charge in [-0.15, -0.1) is 0 Å². The van der Waals surface area contributed by atoms with E-state index in [-0.39, 0.29) is 12.0 Å². The third kappa shape index (κ3) is 3.15. The minimum absolute atomic E-state index is 0.0795. The number of nitrogens with zero attached hydrogens (tertiary/aromatic N) is 1. The van der Waals surface area contributed by atoms with Gasteiger partial charge < -0.3 is 16.2 Å².